The van der Waals surface area contributed by atoms with E-state index in [1.54, 1.807) is 0 Å². The van der Waals surface area contributed by atoms with Crippen LogP contribution < -0.4 is 4.90 Å². The Bertz CT molecular complexity index is 3200. The minimum absolute atomic E-state index is 0.906. The van der Waals surface area contributed by atoms with E-state index < -0.39 is 0 Å². The zero-order valence-corrected chi connectivity index (χ0v) is 31.7. The van der Waals surface area contributed by atoms with E-state index in [2.05, 4.69) is 217 Å². The number of rotatable bonds is 7. The van der Waals surface area contributed by atoms with Gasteiger partial charge in [-0.1, -0.05) is 152 Å². The average molecular weight is 740 g/mol. The van der Waals surface area contributed by atoms with Crippen molar-refractivity contribution in [3.63, 3.8) is 0 Å². The van der Waals surface area contributed by atoms with E-state index in [1.165, 1.54) is 54.9 Å². The molecule has 0 spiro atoms. The fourth-order valence-electron chi connectivity index (χ4n) is 8.49. The second-order valence-corrected chi connectivity index (χ2v) is 15.0. The third kappa shape index (κ3) is 6.09. The lowest BCUT2D eigenvalue weighted by molar-refractivity contribution is 0.669. The van der Waals surface area contributed by atoms with Gasteiger partial charge in [-0.2, -0.15) is 0 Å². The summed E-state index contributed by atoms with van der Waals surface area (Å²) in [6.07, 6.45) is 0. The molecule has 0 amide bonds. The molecular formula is C56H37NO. The predicted octanol–water partition coefficient (Wildman–Crippen LogP) is 16.0. The normalized spacial score (nSPS) is 11.4. The first-order valence-electron chi connectivity index (χ1n) is 19.8. The summed E-state index contributed by atoms with van der Waals surface area (Å²) in [5, 5.41) is 7.25. The highest BCUT2D eigenvalue weighted by Gasteiger charge is 2.16. The Morgan fingerprint density at radius 3 is 1.36 bits per heavy atom. The molecular weight excluding hydrogens is 703 g/mol. The molecule has 0 fully saturated rings. The summed E-state index contributed by atoms with van der Waals surface area (Å²) in [7, 11) is 0. The average Bonchev–Trinajstić information content (AvgIpc) is 3.68. The molecule has 1 heterocycles. The molecule has 0 aliphatic carbocycles. The predicted molar refractivity (Wildman–Crippen MR) is 245 cm³/mol. The van der Waals surface area contributed by atoms with Crippen molar-refractivity contribution in [3.05, 3.63) is 224 Å². The van der Waals surface area contributed by atoms with Crippen LogP contribution in [0.4, 0.5) is 17.1 Å². The number of fused-ring (bicyclic) bond motifs is 6. The lowest BCUT2D eigenvalue weighted by Gasteiger charge is -2.26. The minimum atomic E-state index is 0.906. The van der Waals surface area contributed by atoms with Gasteiger partial charge < -0.3 is 9.32 Å². The first kappa shape index (κ1) is 33.6. The first-order valence-corrected chi connectivity index (χ1v) is 19.8. The van der Waals surface area contributed by atoms with Crippen molar-refractivity contribution in [3.8, 4) is 44.5 Å². The summed E-state index contributed by atoms with van der Waals surface area (Å²) >= 11 is 0. The van der Waals surface area contributed by atoms with Gasteiger partial charge in [0.2, 0.25) is 0 Å². The molecule has 10 aromatic carbocycles. The smallest absolute Gasteiger partial charge is 0.135 e. The van der Waals surface area contributed by atoms with Crippen molar-refractivity contribution in [2.45, 2.75) is 0 Å². The number of benzene rings is 10. The second kappa shape index (κ2) is 14.1. The van der Waals surface area contributed by atoms with Gasteiger partial charge in [0.05, 0.1) is 0 Å². The maximum Gasteiger partial charge on any atom is 0.135 e. The molecule has 0 unspecified atom stereocenters. The number of furan rings is 1. The Labute approximate surface area is 337 Å². The quantitative estimate of drug-likeness (QED) is 0.151. The van der Waals surface area contributed by atoms with Crippen molar-refractivity contribution in [2.75, 3.05) is 4.90 Å². The van der Waals surface area contributed by atoms with Crippen LogP contribution in [0.2, 0.25) is 0 Å². The molecule has 11 aromatic rings. The van der Waals surface area contributed by atoms with Crippen LogP contribution in [0.5, 0.6) is 0 Å². The fraction of sp³-hybridized carbons (Fsp3) is 0. The van der Waals surface area contributed by atoms with Gasteiger partial charge in [-0.25, -0.2) is 0 Å². The summed E-state index contributed by atoms with van der Waals surface area (Å²) < 4.78 is 6.13. The second-order valence-electron chi connectivity index (χ2n) is 15.0. The van der Waals surface area contributed by atoms with Gasteiger partial charge in [-0.3, -0.25) is 0 Å². The molecule has 11 rings (SSSR count). The summed E-state index contributed by atoms with van der Waals surface area (Å²) in [5.41, 5.74) is 14.6. The highest BCUT2D eigenvalue weighted by Crippen LogP contribution is 2.41. The zero-order valence-electron chi connectivity index (χ0n) is 31.7. The number of para-hydroxylation sites is 1. The molecule has 0 radical (unpaired) electrons. The Morgan fingerprint density at radius 2 is 0.707 bits per heavy atom. The van der Waals surface area contributed by atoms with E-state index in [1.807, 2.05) is 12.1 Å². The van der Waals surface area contributed by atoms with Crippen molar-refractivity contribution in [1.82, 2.24) is 0 Å². The van der Waals surface area contributed by atoms with Crippen molar-refractivity contribution >= 4 is 60.5 Å². The largest absolute Gasteiger partial charge is 0.456 e. The van der Waals surface area contributed by atoms with E-state index in [-0.39, 0.29) is 0 Å². The number of anilines is 3. The SMILES string of the molecule is c1ccc(-c2cc(-c3ccccc3)cc(-c3ccc(N(c4ccc(-c5ccc6oc7ccccc7c6c5)cc4)c4ccc5c(ccc6ccccc65)c4)cc3)c2)cc1. The van der Waals surface area contributed by atoms with Gasteiger partial charge in [0.1, 0.15) is 11.2 Å². The number of hydrogen-bond acceptors (Lipinski definition) is 2. The summed E-state index contributed by atoms with van der Waals surface area (Å²) in [6.45, 7) is 0. The first-order chi connectivity index (χ1) is 28.7. The molecule has 0 saturated carbocycles. The lowest BCUT2D eigenvalue weighted by atomic mass is 9.93. The van der Waals surface area contributed by atoms with Crippen LogP contribution in [0.1, 0.15) is 0 Å². The molecule has 2 nitrogen and oxygen atoms in total. The Hall–Kier alpha value is -7.68. The Morgan fingerprint density at radius 1 is 0.241 bits per heavy atom. The van der Waals surface area contributed by atoms with Crippen molar-refractivity contribution < 1.29 is 4.42 Å². The van der Waals surface area contributed by atoms with Gasteiger partial charge in [0, 0.05) is 27.8 Å². The van der Waals surface area contributed by atoms with Crippen LogP contribution in [0.25, 0.3) is 88.0 Å². The zero-order chi connectivity index (χ0) is 38.4. The van der Waals surface area contributed by atoms with Gasteiger partial charge >= 0.3 is 0 Å². The maximum atomic E-state index is 6.13. The molecule has 1 aromatic heterocycles. The Kier molecular flexibility index (Phi) is 8.19. The van der Waals surface area contributed by atoms with Crippen LogP contribution in [0.3, 0.4) is 0 Å². The number of hydrogen-bond donors (Lipinski definition) is 0. The lowest BCUT2D eigenvalue weighted by Crippen LogP contribution is -2.09. The van der Waals surface area contributed by atoms with E-state index in [9.17, 15) is 0 Å². The molecule has 58 heavy (non-hydrogen) atoms. The van der Waals surface area contributed by atoms with Crippen LogP contribution in [-0.2, 0) is 0 Å². The van der Waals surface area contributed by atoms with E-state index in [0.29, 0.717) is 0 Å². The standard InChI is InChI=1S/C56H37NO/c1-3-11-38(12-4-1)45-33-46(39-13-5-2-6-14-39)35-47(34-45)41-23-28-49(29-24-41)57(50-30-31-52-44(36-50)20-19-42-15-7-8-16-51(42)52)48-26-21-40(22-27-48)43-25-32-56-54(37-43)53-17-9-10-18-55(53)58-56/h1-37H. The maximum absolute atomic E-state index is 6.13. The van der Waals surface area contributed by atoms with Gasteiger partial charge in [-0.05, 0) is 139 Å². The van der Waals surface area contributed by atoms with E-state index in [4.69, 9.17) is 4.42 Å². The summed E-state index contributed by atoms with van der Waals surface area (Å²) in [6, 6.07) is 80.9. The van der Waals surface area contributed by atoms with Crippen LogP contribution >= 0.6 is 0 Å². The van der Waals surface area contributed by atoms with E-state index >= 15 is 0 Å². The van der Waals surface area contributed by atoms with Crippen LogP contribution in [-0.4, -0.2) is 0 Å². The molecule has 0 N–H and O–H groups in total. The highest BCUT2D eigenvalue weighted by atomic mass is 16.3. The molecule has 272 valence electrons. The summed E-state index contributed by atoms with van der Waals surface area (Å²) in [4.78, 5) is 2.37. The monoisotopic (exact) mass is 739 g/mol. The summed E-state index contributed by atoms with van der Waals surface area (Å²) in [5.74, 6) is 0. The molecule has 0 bridgehead atoms. The van der Waals surface area contributed by atoms with Gasteiger partial charge in [-0.15, -0.1) is 0 Å². The minimum Gasteiger partial charge on any atom is -0.456 e. The molecule has 0 aliphatic heterocycles. The molecule has 2 heteroatoms. The Balaban J connectivity index is 1.01. The van der Waals surface area contributed by atoms with Gasteiger partial charge in [0.25, 0.3) is 0 Å². The molecule has 0 atom stereocenters. The van der Waals surface area contributed by atoms with Crippen LogP contribution in [0.15, 0.2) is 229 Å². The van der Waals surface area contributed by atoms with Crippen molar-refractivity contribution in [1.29, 1.82) is 0 Å². The van der Waals surface area contributed by atoms with Gasteiger partial charge in [0.15, 0.2) is 0 Å². The topological polar surface area (TPSA) is 16.4 Å². The molecule has 0 aliphatic rings. The van der Waals surface area contributed by atoms with E-state index in [0.717, 1.165) is 50.1 Å². The third-order valence-electron chi connectivity index (χ3n) is 11.4. The highest BCUT2D eigenvalue weighted by molar-refractivity contribution is 6.09. The fourth-order valence-corrected chi connectivity index (χ4v) is 8.49. The third-order valence-corrected chi connectivity index (χ3v) is 11.4. The number of nitrogens with zero attached hydrogens (tertiary/aromatic N) is 1. The molecule has 0 saturated heterocycles. The van der Waals surface area contributed by atoms with Crippen molar-refractivity contribution in [2.24, 2.45) is 0 Å². The van der Waals surface area contributed by atoms with Crippen LogP contribution in [0, 0.1) is 0 Å².